The van der Waals surface area contributed by atoms with Crippen LogP contribution >= 0.6 is 15.9 Å². The van der Waals surface area contributed by atoms with Gasteiger partial charge in [0.15, 0.2) is 0 Å². The molecule has 0 spiro atoms. The number of benzene rings is 1. The number of nitrogens with two attached hydrogens (primary N) is 1. The van der Waals surface area contributed by atoms with Crippen molar-refractivity contribution >= 4 is 34.2 Å². The number of hydrogen-bond acceptors (Lipinski definition) is 4. The Labute approximate surface area is 85.0 Å². The lowest BCUT2D eigenvalue weighted by Crippen LogP contribution is -2.30. The predicted molar refractivity (Wildman–Crippen MR) is 56.7 cm³/mol. The van der Waals surface area contributed by atoms with E-state index in [4.69, 9.17) is 15.9 Å². The molecule has 1 aromatic carbocycles. The minimum Gasteiger partial charge on any atom is -0.423 e. The summed E-state index contributed by atoms with van der Waals surface area (Å²) in [6, 6.07) is 5.02. The van der Waals surface area contributed by atoms with Gasteiger partial charge in [0, 0.05) is 5.33 Å². The molecule has 1 aromatic rings. The largest absolute Gasteiger partial charge is 0.488 e. The maximum Gasteiger partial charge on any atom is 0.488 e. The number of anilines is 1. The summed E-state index contributed by atoms with van der Waals surface area (Å²) < 4.78 is 0. The van der Waals surface area contributed by atoms with Gasteiger partial charge in [-0.25, -0.2) is 0 Å². The fourth-order valence-corrected chi connectivity index (χ4v) is 1.49. The van der Waals surface area contributed by atoms with Gasteiger partial charge in [0.2, 0.25) is 0 Å². The fourth-order valence-electron chi connectivity index (χ4n) is 1.01. The van der Waals surface area contributed by atoms with E-state index >= 15 is 0 Å². The van der Waals surface area contributed by atoms with Crippen LogP contribution in [0.2, 0.25) is 0 Å². The van der Waals surface area contributed by atoms with Crippen LogP contribution in [0, 0.1) is 0 Å². The van der Waals surface area contributed by atoms with Crippen LogP contribution in [-0.4, -0.2) is 17.2 Å². The van der Waals surface area contributed by atoms with Crippen molar-refractivity contribution in [2.75, 3.05) is 5.43 Å². The highest BCUT2D eigenvalue weighted by atomic mass is 79.9. The van der Waals surface area contributed by atoms with Gasteiger partial charge in [-0.05, 0) is 17.1 Å². The first-order valence-corrected chi connectivity index (χ1v) is 4.82. The Morgan fingerprint density at radius 1 is 1.46 bits per heavy atom. The molecule has 6 heteroatoms. The van der Waals surface area contributed by atoms with Crippen LogP contribution in [0.5, 0.6) is 0 Å². The number of halogens is 1. The van der Waals surface area contributed by atoms with Crippen molar-refractivity contribution in [3.63, 3.8) is 0 Å². The van der Waals surface area contributed by atoms with Crippen molar-refractivity contribution in [3.05, 3.63) is 23.8 Å². The highest BCUT2D eigenvalue weighted by molar-refractivity contribution is 9.08. The van der Waals surface area contributed by atoms with Gasteiger partial charge in [0.1, 0.15) is 0 Å². The number of hydrazine groups is 1. The topological polar surface area (TPSA) is 78.5 Å². The molecule has 0 saturated carbocycles. The minimum atomic E-state index is -1.46. The van der Waals surface area contributed by atoms with Gasteiger partial charge < -0.3 is 15.5 Å². The standard InChI is InChI=1S/C7H10BBrN2O2/c9-4-5-1-2-6(8(12)13)3-7(5)11-10/h1-3,11-13H,4,10H2. The maximum absolute atomic E-state index is 8.88. The van der Waals surface area contributed by atoms with E-state index in [1.807, 2.05) is 0 Å². The Morgan fingerprint density at radius 3 is 2.62 bits per heavy atom. The van der Waals surface area contributed by atoms with Gasteiger partial charge >= 0.3 is 7.12 Å². The Kier molecular flexibility index (Phi) is 3.74. The van der Waals surface area contributed by atoms with E-state index < -0.39 is 7.12 Å². The van der Waals surface area contributed by atoms with E-state index in [9.17, 15) is 0 Å². The van der Waals surface area contributed by atoms with Crippen LogP contribution in [0.3, 0.4) is 0 Å². The molecular weight excluding hydrogens is 235 g/mol. The third-order valence-electron chi connectivity index (χ3n) is 1.73. The summed E-state index contributed by atoms with van der Waals surface area (Å²) in [6.45, 7) is 0. The molecule has 0 amide bonds. The summed E-state index contributed by atoms with van der Waals surface area (Å²) in [5.41, 5.74) is 4.55. The minimum absolute atomic E-state index is 0.414. The molecule has 70 valence electrons. The van der Waals surface area contributed by atoms with Crippen molar-refractivity contribution in [1.29, 1.82) is 0 Å². The zero-order valence-electron chi connectivity index (χ0n) is 6.87. The summed E-state index contributed by atoms with van der Waals surface area (Å²) in [6.07, 6.45) is 0. The van der Waals surface area contributed by atoms with Crippen LogP contribution in [0.1, 0.15) is 5.56 Å². The van der Waals surface area contributed by atoms with Gasteiger partial charge in [-0.2, -0.15) is 0 Å². The third-order valence-corrected chi connectivity index (χ3v) is 2.34. The maximum atomic E-state index is 8.88. The number of alkyl halides is 1. The molecule has 0 aliphatic heterocycles. The Hall–Kier alpha value is -0.555. The Bertz CT molecular complexity index is 296. The summed E-state index contributed by atoms with van der Waals surface area (Å²) in [7, 11) is -1.46. The van der Waals surface area contributed by atoms with Gasteiger partial charge in [0.25, 0.3) is 0 Å². The van der Waals surface area contributed by atoms with Gasteiger partial charge in [-0.15, -0.1) is 0 Å². The summed E-state index contributed by atoms with van der Waals surface area (Å²) in [5, 5.41) is 18.4. The van der Waals surface area contributed by atoms with E-state index in [0.717, 1.165) is 5.56 Å². The lowest BCUT2D eigenvalue weighted by atomic mass is 9.80. The number of rotatable bonds is 3. The third kappa shape index (κ3) is 2.44. The van der Waals surface area contributed by atoms with E-state index in [1.165, 1.54) is 0 Å². The summed E-state index contributed by atoms with van der Waals surface area (Å²) in [4.78, 5) is 0. The number of nitrogen functional groups attached to an aromatic ring is 1. The molecule has 0 saturated heterocycles. The molecule has 0 atom stereocenters. The zero-order valence-corrected chi connectivity index (χ0v) is 8.45. The van der Waals surface area contributed by atoms with Crippen molar-refractivity contribution in [1.82, 2.24) is 0 Å². The number of hydrogen-bond donors (Lipinski definition) is 4. The van der Waals surface area contributed by atoms with E-state index in [1.54, 1.807) is 18.2 Å². The quantitative estimate of drug-likeness (QED) is 0.251. The molecule has 13 heavy (non-hydrogen) atoms. The van der Waals surface area contributed by atoms with E-state index in [-0.39, 0.29) is 0 Å². The molecule has 0 radical (unpaired) electrons. The van der Waals surface area contributed by atoms with E-state index in [0.29, 0.717) is 16.5 Å². The van der Waals surface area contributed by atoms with Crippen molar-refractivity contribution < 1.29 is 10.0 Å². The molecule has 5 N–H and O–H groups in total. The van der Waals surface area contributed by atoms with Crippen molar-refractivity contribution in [2.24, 2.45) is 5.84 Å². The van der Waals surface area contributed by atoms with Gasteiger partial charge in [-0.1, -0.05) is 28.1 Å². The van der Waals surface area contributed by atoms with Crippen LogP contribution in [0.15, 0.2) is 18.2 Å². The SMILES string of the molecule is NNc1cc(B(O)O)ccc1CBr. The molecule has 1 rings (SSSR count). The second-order valence-corrected chi connectivity index (χ2v) is 3.13. The lowest BCUT2D eigenvalue weighted by Gasteiger charge is -2.08. The smallest absolute Gasteiger partial charge is 0.423 e. The molecule has 0 heterocycles. The first-order valence-electron chi connectivity index (χ1n) is 3.70. The number of nitrogens with one attached hydrogen (secondary N) is 1. The first kappa shape index (κ1) is 10.5. The first-order chi connectivity index (χ1) is 6.19. The second-order valence-electron chi connectivity index (χ2n) is 2.57. The van der Waals surface area contributed by atoms with Crippen LogP contribution in [0.25, 0.3) is 0 Å². The van der Waals surface area contributed by atoms with Crippen LogP contribution < -0.4 is 16.7 Å². The average Bonchev–Trinajstić information content (AvgIpc) is 2.16. The molecule has 0 aliphatic rings. The molecule has 0 aromatic heterocycles. The normalized spacial score (nSPS) is 9.85. The monoisotopic (exact) mass is 244 g/mol. The molecule has 4 nitrogen and oxygen atoms in total. The van der Waals surface area contributed by atoms with Gasteiger partial charge in [-0.3, -0.25) is 5.84 Å². The predicted octanol–water partition coefficient (Wildman–Crippen LogP) is -0.453. The average molecular weight is 245 g/mol. The molecule has 0 unspecified atom stereocenters. The summed E-state index contributed by atoms with van der Waals surface area (Å²) >= 11 is 3.29. The Balaban J connectivity index is 3.05. The molecular formula is C7H10BBrN2O2. The van der Waals surface area contributed by atoms with Crippen molar-refractivity contribution in [2.45, 2.75) is 5.33 Å². The second kappa shape index (κ2) is 4.62. The van der Waals surface area contributed by atoms with Crippen molar-refractivity contribution in [3.8, 4) is 0 Å². The highest BCUT2D eigenvalue weighted by Gasteiger charge is 2.12. The summed E-state index contributed by atoms with van der Waals surface area (Å²) in [5.74, 6) is 5.26. The van der Waals surface area contributed by atoms with E-state index in [2.05, 4.69) is 21.4 Å². The van der Waals surface area contributed by atoms with Crippen LogP contribution in [0.4, 0.5) is 5.69 Å². The van der Waals surface area contributed by atoms with Crippen LogP contribution in [-0.2, 0) is 5.33 Å². The zero-order chi connectivity index (χ0) is 9.84. The molecule has 0 fully saturated rings. The van der Waals surface area contributed by atoms with Gasteiger partial charge in [0.05, 0.1) is 5.69 Å². The fraction of sp³-hybridized carbons (Fsp3) is 0.143. The Morgan fingerprint density at radius 2 is 2.15 bits per heavy atom. The molecule has 0 bridgehead atoms. The highest BCUT2D eigenvalue weighted by Crippen LogP contribution is 2.15. The molecule has 0 aliphatic carbocycles. The lowest BCUT2D eigenvalue weighted by molar-refractivity contribution is 0.426.